The lowest BCUT2D eigenvalue weighted by atomic mass is 10.1. The first-order valence-corrected chi connectivity index (χ1v) is 7.18. The molecule has 0 fully saturated rings. The van der Waals surface area contributed by atoms with Gasteiger partial charge in [0.1, 0.15) is 0 Å². The van der Waals surface area contributed by atoms with Crippen molar-refractivity contribution >= 4 is 29.3 Å². The lowest BCUT2D eigenvalue weighted by Crippen LogP contribution is -2.25. The van der Waals surface area contributed by atoms with Gasteiger partial charge in [0.2, 0.25) is 5.91 Å². The van der Waals surface area contributed by atoms with Crippen molar-refractivity contribution in [1.82, 2.24) is 5.32 Å². The number of benzene rings is 1. The number of hydrogen-bond donors (Lipinski definition) is 2. The number of para-hydroxylation sites is 1. The lowest BCUT2D eigenvalue weighted by molar-refractivity contribution is -0.115. The van der Waals surface area contributed by atoms with Gasteiger partial charge in [0.25, 0.3) is 5.91 Å². The van der Waals surface area contributed by atoms with Crippen LogP contribution in [-0.4, -0.2) is 30.4 Å². The average molecular weight is 276 g/mol. The maximum atomic E-state index is 11.9. The molecular weight excluding hydrogens is 260 g/mol. The first-order chi connectivity index (χ1) is 9.19. The number of carbonyl (C=O) groups excluding carboxylic acids is 2. The fourth-order valence-electron chi connectivity index (χ4n) is 1.42. The third-order valence-electron chi connectivity index (χ3n) is 2.33. The number of terminal acetylenes is 1. The van der Waals surface area contributed by atoms with Crippen LogP contribution in [0.4, 0.5) is 5.69 Å². The fourth-order valence-corrected chi connectivity index (χ4v) is 1.81. The van der Waals surface area contributed by atoms with Crippen molar-refractivity contribution < 1.29 is 9.59 Å². The molecule has 5 heteroatoms. The van der Waals surface area contributed by atoms with Crippen LogP contribution in [0.15, 0.2) is 24.3 Å². The number of anilines is 1. The third kappa shape index (κ3) is 5.06. The minimum absolute atomic E-state index is 0.105. The Morgan fingerprint density at radius 2 is 2.11 bits per heavy atom. The molecule has 0 aromatic heterocycles. The van der Waals surface area contributed by atoms with Gasteiger partial charge in [-0.25, -0.2) is 0 Å². The first kappa shape index (κ1) is 15.1. The van der Waals surface area contributed by atoms with Gasteiger partial charge in [-0.05, 0) is 18.4 Å². The van der Waals surface area contributed by atoms with E-state index in [-0.39, 0.29) is 18.4 Å². The van der Waals surface area contributed by atoms with Gasteiger partial charge in [-0.15, -0.1) is 6.42 Å². The normalized spacial score (nSPS) is 9.47. The molecule has 0 saturated heterocycles. The number of amides is 2. The zero-order valence-electron chi connectivity index (χ0n) is 10.7. The van der Waals surface area contributed by atoms with Crippen molar-refractivity contribution in [2.75, 3.05) is 23.9 Å². The highest BCUT2D eigenvalue weighted by molar-refractivity contribution is 7.98. The van der Waals surface area contributed by atoms with E-state index in [0.29, 0.717) is 17.7 Å². The van der Waals surface area contributed by atoms with Crippen LogP contribution in [0.25, 0.3) is 0 Å². The summed E-state index contributed by atoms with van der Waals surface area (Å²) in [5, 5.41) is 5.31. The van der Waals surface area contributed by atoms with Crippen LogP contribution in [0.1, 0.15) is 16.8 Å². The van der Waals surface area contributed by atoms with Gasteiger partial charge in [0.05, 0.1) is 17.8 Å². The molecule has 1 aromatic rings. The number of hydrogen-bond acceptors (Lipinski definition) is 3. The van der Waals surface area contributed by atoms with Gasteiger partial charge in [0.15, 0.2) is 0 Å². The number of carbonyl (C=O) groups is 2. The molecule has 0 heterocycles. The van der Waals surface area contributed by atoms with Crippen LogP contribution in [0.5, 0.6) is 0 Å². The van der Waals surface area contributed by atoms with E-state index >= 15 is 0 Å². The van der Waals surface area contributed by atoms with E-state index < -0.39 is 0 Å². The Kier molecular flexibility index (Phi) is 6.55. The Morgan fingerprint density at radius 3 is 2.79 bits per heavy atom. The highest BCUT2D eigenvalue weighted by Crippen LogP contribution is 2.15. The van der Waals surface area contributed by atoms with Gasteiger partial charge < -0.3 is 10.6 Å². The highest BCUT2D eigenvalue weighted by Gasteiger charge is 2.11. The molecule has 0 unspecified atom stereocenters. The highest BCUT2D eigenvalue weighted by atomic mass is 32.2. The summed E-state index contributed by atoms with van der Waals surface area (Å²) in [7, 11) is 0. The molecule has 1 rings (SSSR count). The Morgan fingerprint density at radius 1 is 1.37 bits per heavy atom. The molecular formula is C14H16N2O2S. The maximum Gasteiger partial charge on any atom is 0.254 e. The molecule has 2 amide bonds. The van der Waals surface area contributed by atoms with Crippen LogP contribution in [-0.2, 0) is 4.79 Å². The molecule has 0 bridgehead atoms. The predicted molar refractivity (Wildman–Crippen MR) is 79.2 cm³/mol. The van der Waals surface area contributed by atoms with Gasteiger partial charge in [-0.2, -0.15) is 11.8 Å². The van der Waals surface area contributed by atoms with E-state index in [1.165, 1.54) is 0 Å². The first-order valence-electron chi connectivity index (χ1n) is 5.78. The van der Waals surface area contributed by atoms with Crippen LogP contribution in [0.3, 0.4) is 0 Å². The van der Waals surface area contributed by atoms with Gasteiger partial charge >= 0.3 is 0 Å². The van der Waals surface area contributed by atoms with Gasteiger partial charge in [0, 0.05) is 12.2 Å². The smallest absolute Gasteiger partial charge is 0.254 e. The molecule has 0 aliphatic carbocycles. The van der Waals surface area contributed by atoms with E-state index in [1.54, 1.807) is 36.0 Å². The number of nitrogens with one attached hydrogen (secondary N) is 2. The van der Waals surface area contributed by atoms with Crippen molar-refractivity contribution in [3.63, 3.8) is 0 Å². The zero-order chi connectivity index (χ0) is 14.1. The van der Waals surface area contributed by atoms with Crippen LogP contribution >= 0.6 is 11.8 Å². The Balaban J connectivity index is 2.75. The zero-order valence-corrected chi connectivity index (χ0v) is 11.5. The third-order valence-corrected chi connectivity index (χ3v) is 2.94. The van der Waals surface area contributed by atoms with Crippen LogP contribution < -0.4 is 10.6 Å². The Hall–Kier alpha value is -1.93. The summed E-state index contributed by atoms with van der Waals surface area (Å²) < 4.78 is 0. The van der Waals surface area contributed by atoms with Crippen molar-refractivity contribution in [2.45, 2.75) is 6.42 Å². The molecule has 2 N–H and O–H groups in total. The van der Waals surface area contributed by atoms with E-state index in [0.717, 1.165) is 5.75 Å². The van der Waals surface area contributed by atoms with Gasteiger partial charge in [-0.1, -0.05) is 18.1 Å². The minimum atomic E-state index is -0.293. The number of rotatable bonds is 6. The fraction of sp³-hybridized carbons (Fsp3) is 0.286. The van der Waals surface area contributed by atoms with Crippen molar-refractivity contribution in [1.29, 1.82) is 0 Å². The molecule has 4 nitrogen and oxygen atoms in total. The van der Waals surface area contributed by atoms with Crippen molar-refractivity contribution in [3.05, 3.63) is 29.8 Å². The second-order valence-corrected chi connectivity index (χ2v) is 4.71. The van der Waals surface area contributed by atoms with Crippen molar-refractivity contribution in [3.8, 4) is 12.3 Å². The van der Waals surface area contributed by atoms with E-state index in [9.17, 15) is 9.59 Å². The molecule has 100 valence electrons. The van der Waals surface area contributed by atoms with E-state index in [1.807, 2.05) is 6.26 Å². The van der Waals surface area contributed by atoms with Crippen LogP contribution in [0, 0.1) is 12.3 Å². The predicted octanol–water partition coefficient (Wildman–Crippen LogP) is 1.74. The summed E-state index contributed by atoms with van der Waals surface area (Å²) in [6.45, 7) is 0.160. The molecule has 0 radical (unpaired) electrons. The summed E-state index contributed by atoms with van der Waals surface area (Å²) in [6, 6.07) is 6.85. The van der Waals surface area contributed by atoms with Crippen molar-refractivity contribution in [2.24, 2.45) is 0 Å². The Labute approximate surface area is 117 Å². The second-order valence-electron chi connectivity index (χ2n) is 3.72. The summed E-state index contributed by atoms with van der Waals surface area (Å²) in [6.07, 6.45) is 7.45. The molecule has 0 aliphatic heterocycles. The lowest BCUT2D eigenvalue weighted by Gasteiger charge is -2.10. The van der Waals surface area contributed by atoms with Gasteiger partial charge in [-0.3, -0.25) is 9.59 Å². The molecule has 1 aromatic carbocycles. The SMILES string of the molecule is C#CCNC(=O)c1ccccc1NC(=O)CCSC. The largest absolute Gasteiger partial charge is 0.341 e. The molecule has 0 saturated carbocycles. The summed E-state index contributed by atoms with van der Waals surface area (Å²) in [5.74, 6) is 2.68. The summed E-state index contributed by atoms with van der Waals surface area (Å²) >= 11 is 1.60. The summed E-state index contributed by atoms with van der Waals surface area (Å²) in [4.78, 5) is 23.5. The second kappa shape index (κ2) is 8.22. The van der Waals surface area contributed by atoms with Crippen LogP contribution in [0.2, 0.25) is 0 Å². The van der Waals surface area contributed by atoms with E-state index in [2.05, 4.69) is 16.6 Å². The average Bonchev–Trinajstić information content (AvgIpc) is 2.43. The maximum absolute atomic E-state index is 11.9. The molecule has 19 heavy (non-hydrogen) atoms. The Bertz CT molecular complexity index is 494. The molecule has 0 aliphatic rings. The molecule has 0 spiro atoms. The quantitative estimate of drug-likeness (QED) is 0.778. The topological polar surface area (TPSA) is 58.2 Å². The number of thioether (sulfide) groups is 1. The monoisotopic (exact) mass is 276 g/mol. The van der Waals surface area contributed by atoms with E-state index in [4.69, 9.17) is 6.42 Å². The minimum Gasteiger partial charge on any atom is -0.341 e. The molecule has 0 atom stereocenters. The standard InChI is InChI=1S/C14H16N2O2S/c1-3-9-15-14(18)11-6-4-5-7-12(11)16-13(17)8-10-19-2/h1,4-7H,8-10H2,2H3,(H,15,18)(H,16,17). The summed E-state index contributed by atoms with van der Waals surface area (Å²) in [5.41, 5.74) is 0.915.